The molecule has 4 aromatic rings. The molecule has 2 heterocycles. The Kier molecular flexibility index (Phi) is 6.26. The van der Waals surface area contributed by atoms with Gasteiger partial charge in [-0.2, -0.15) is 0 Å². The van der Waals surface area contributed by atoms with Crippen LogP contribution in [0, 0.1) is 13.8 Å². The summed E-state index contributed by atoms with van der Waals surface area (Å²) in [7, 11) is 0. The van der Waals surface area contributed by atoms with E-state index in [4.69, 9.17) is 5.73 Å². The van der Waals surface area contributed by atoms with Crippen molar-refractivity contribution in [3.63, 3.8) is 0 Å². The second-order valence-electron chi connectivity index (χ2n) is 7.86. The number of carbonyl (C=O) groups is 1. The SMILES string of the molecule is Cc1cc(N)nc(C)c1CNC(=O)c1ncn(Cc2ccc(Cc3ccccc3)cc2)n1. The molecule has 0 spiro atoms. The molecule has 0 aliphatic heterocycles. The van der Waals surface area contributed by atoms with Crippen molar-refractivity contribution in [3.8, 4) is 0 Å². The maximum Gasteiger partial charge on any atom is 0.291 e. The first-order chi connectivity index (χ1) is 15.5. The standard InChI is InChI=1S/C25H26N6O/c1-17-12-23(26)29-18(2)22(17)14-27-25(32)24-28-16-31(30-24)15-21-10-8-20(9-11-21)13-19-6-4-3-5-7-19/h3-12,16H,13-15H2,1-2H3,(H2,26,29)(H,27,32). The number of carbonyl (C=O) groups excluding carboxylic acids is 1. The van der Waals surface area contributed by atoms with E-state index in [0.717, 1.165) is 28.8 Å². The molecule has 2 aromatic carbocycles. The van der Waals surface area contributed by atoms with Gasteiger partial charge in [0.15, 0.2) is 0 Å². The number of nitrogens with zero attached hydrogens (tertiary/aromatic N) is 4. The van der Waals surface area contributed by atoms with Gasteiger partial charge in [-0.05, 0) is 54.2 Å². The highest BCUT2D eigenvalue weighted by molar-refractivity contribution is 5.90. The van der Waals surface area contributed by atoms with E-state index >= 15 is 0 Å². The first kappa shape index (κ1) is 21.2. The van der Waals surface area contributed by atoms with Gasteiger partial charge in [-0.3, -0.25) is 4.79 Å². The first-order valence-corrected chi connectivity index (χ1v) is 10.5. The molecule has 0 atom stereocenters. The highest BCUT2D eigenvalue weighted by Gasteiger charge is 2.13. The fraction of sp³-hybridized carbons (Fsp3) is 0.200. The molecule has 1 amide bonds. The Bertz CT molecular complexity index is 1190. The molecular formula is C25H26N6O. The highest BCUT2D eigenvalue weighted by atomic mass is 16.2. The topological polar surface area (TPSA) is 98.7 Å². The number of amides is 1. The minimum atomic E-state index is -0.322. The molecule has 162 valence electrons. The third-order valence-electron chi connectivity index (χ3n) is 5.36. The van der Waals surface area contributed by atoms with Crippen LogP contribution in [0.4, 0.5) is 5.82 Å². The van der Waals surface area contributed by atoms with Crippen molar-refractivity contribution < 1.29 is 4.79 Å². The molecular weight excluding hydrogens is 400 g/mol. The first-order valence-electron chi connectivity index (χ1n) is 10.5. The monoisotopic (exact) mass is 426 g/mol. The number of pyridine rings is 1. The number of nitrogens with one attached hydrogen (secondary N) is 1. The number of nitrogens with two attached hydrogens (primary N) is 1. The summed E-state index contributed by atoms with van der Waals surface area (Å²) in [5.74, 6) is 0.297. The Morgan fingerprint density at radius 1 is 1.00 bits per heavy atom. The lowest BCUT2D eigenvalue weighted by atomic mass is 10.0. The van der Waals surface area contributed by atoms with Crippen molar-refractivity contribution in [2.75, 3.05) is 5.73 Å². The molecule has 0 bridgehead atoms. The average Bonchev–Trinajstić information content (AvgIpc) is 3.23. The van der Waals surface area contributed by atoms with Gasteiger partial charge in [0.25, 0.3) is 5.91 Å². The summed E-state index contributed by atoms with van der Waals surface area (Å²) >= 11 is 0. The van der Waals surface area contributed by atoms with E-state index in [1.807, 2.05) is 19.9 Å². The van der Waals surface area contributed by atoms with Crippen molar-refractivity contribution in [3.05, 3.63) is 106 Å². The predicted molar refractivity (Wildman–Crippen MR) is 124 cm³/mol. The lowest BCUT2D eigenvalue weighted by Crippen LogP contribution is -2.25. The van der Waals surface area contributed by atoms with Crippen LogP contribution >= 0.6 is 0 Å². The molecule has 0 saturated carbocycles. The summed E-state index contributed by atoms with van der Waals surface area (Å²) in [6.45, 7) is 4.72. The lowest BCUT2D eigenvalue weighted by molar-refractivity contribution is 0.0940. The third-order valence-corrected chi connectivity index (χ3v) is 5.36. The molecule has 0 aliphatic rings. The molecule has 4 rings (SSSR count). The van der Waals surface area contributed by atoms with E-state index < -0.39 is 0 Å². The van der Waals surface area contributed by atoms with E-state index in [0.29, 0.717) is 18.9 Å². The molecule has 0 aliphatic carbocycles. The lowest BCUT2D eigenvalue weighted by Gasteiger charge is -2.10. The third kappa shape index (κ3) is 5.18. The van der Waals surface area contributed by atoms with Crippen molar-refractivity contribution in [1.29, 1.82) is 0 Å². The number of aryl methyl sites for hydroxylation is 2. The van der Waals surface area contributed by atoms with E-state index in [-0.39, 0.29) is 11.7 Å². The molecule has 7 nitrogen and oxygen atoms in total. The number of anilines is 1. The fourth-order valence-electron chi connectivity index (χ4n) is 3.66. The van der Waals surface area contributed by atoms with Gasteiger partial charge in [0.1, 0.15) is 12.1 Å². The molecule has 0 radical (unpaired) electrons. The summed E-state index contributed by atoms with van der Waals surface area (Å²) in [6, 6.07) is 20.6. The van der Waals surface area contributed by atoms with Crippen LogP contribution in [0.3, 0.4) is 0 Å². The van der Waals surface area contributed by atoms with Gasteiger partial charge < -0.3 is 11.1 Å². The Hall–Kier alpha value is -4.00. The Labute approximate surface area is 187 Å². The Morgan fingerprint density at radius 2 is 1.69 bits per heavy atom. The molecule has 32 heavy (non-hydrogen) atoms. The molecule has 7 heteroatoms. The summed E-state index contributed by atoms with van der Waals surface area (Å²) in [5.41, 5.74) is 12.1. The number of nitrogen functional groups attached to an aromatic ring is 1. The maximum atomic E-state index is 12.5. The zero-order valence-corrected chi connectivity index (χ0v) is 18.2. The van der Waals surface area contributed by atoms with Crippen LogP contribution in [-0.4, -0.2) is 25.7 Å². The number of hydrogen-bond acceptors (Lipinski definition) is 5. The minimum absolute atomic E-state index is 0.143. The van der Waals surface area contributed by atoms with Crippen molar-refractivity contribution in [2.24, 2.45) is 0 Å². The summed E-state index contributed by atoms with van der Waals surface area (Å²) in [6.07, 6.45) is 2.48. The van der Waals surface area contributed by atoms with Gasteiger partial charge in [-0.1, -0.05) is 54.6 Å². The largest absolute Gasteiger partial charge is 0.384 e. The Balaban J connectivity index is 1.35. The van der Waals surface area contributed by atoms with E-state index in [2.05, 4.69) is 68.9 Å². The maximum absolute atomic E-state index is 12.5. The minimum Gasteiger partial charge on any atom is -0.384 e. The van der Waals surface area contributed by atoms with Crippen LogP contribution in [0.2, 0.25) is 0 Å². The average molecular weight is 427 g/mol. The summed E-state index contributed by atoms with van der Waals surface area (Å²) in [4.78, 5) is 20.9. The summed E-state index contributed by atoms with van der Waals surface area (Å²) in [5, 5.41) is 7.19. The van der Waals surface area contributed by atoms with Gasteiger partial charge >= 0.3 is 0 Å². The van der Waals surface area contributed by atoms with Gasteiger partial charge in [0, 0.05) is 12.2 Å². The number of benzene rings is 2. The van der Waals surface area contributed by atoms with E-state index in [9.17, 15) is 4.79 Å². The van der Waals surface area contributed by atoms with Crippen molar-refractivity contribution in [2.45, 2.75) is 33.4 Å². The molecule has 0 unspecified atom stereocenters. The fourth-order valence-corrected chi connectivity index (χ4v) is 3.66. The van der Waals surface area contributed by atoms with E-state index in [1.165, 1.54) is 11.1 Å². The van der Waals surface area contributed by atoms with Gasteiger partial charge in [-0.15, -0.1) is 5.10 Å². The van der Waals surface area contributed by atoms with Crippen LogP contribution < -0.4 is 11.1 Å². The molecule has 2 aromatic heterocycles. The quantitative estimate of drug-likeness (QED) is 0.472. The van der Waals surface area contributed by atoms with Crippen molar-refractivity contribution in [1.82, 2.24) is 25.1 Å². The van der Waals surface area contributed by atoms with Gasteiger partial charge in [0.05, 0.1) is 6.54 Å². The van der Waals surface area contributed by atoms with Gasteiger partial charge in [0.2, 0.25) is 5.82 Å². The zero-order valence-electron chi connectivity index (χ0n) is 18.2. The van der Waals surface area contributed by atoms with Crippen LogP contribution in [0.15, 0.2) is 67.0 Å². The van der Waals surface area contributed by atoms with Crippen LogP contribution in [0.1, 0.15) is 44.1 Å². The smallest absolute Gasteiger partial charge is 0.291 e. The number of aromatic nitrogens is 4. The predicted octanol–water partition coefficient (Wildman–Crippen LogP) is 3.44. The second-order valence-corrected chi connectivity index (χ2v) is 7.86. The van der Waals surface area contributed by atoms with E-state index in [1.54, 1.807) is 17.1 Å². The second kappa shape index (κ2) is 9.43. The summed E-state index contributed by atoms with van der Waals surface area (Å²) < 4.78 is 1.67. The molecule has 3 N–H and O–H groups in total. The number of hydrogen-bond donors (Lipinski definition) is 2. The van der Waals surface area contributed by atoms with Crippen LogP contribution in [0.25, 0.3) is 0 Å². The van der Waals surface area contributed by atoms with Crippen LogP contribution in [0.5, 0.6) is 0 Å². The number of rotatable bonds is 7. The molecule has 0 fully saturated rings. The van der Waals surface area contributed by atoms with Crippen LogP contribution in [-0.2, 0) is 19.5 Å². The van der Waals surface area contributed by atoms with Crippen molar-refractivity contribution >= 4 is 11.7 Å². The highest BCUT2D eigenvalue weighted by Crippen LogP contribution is 2.15. The zero-order chi connectivity index (χ0) is 22.5. The molecule has 0 saturated heterocycles. The normalized spacial score (nSPS) is 10.8. The Morgan fingerprint density at radius 3 is 2.41 bits per heavy atom. The van der Waals surface area contributed by atoms with Gasteiger partial charge in [-0.25, -0.2) is 14.6 Å².